The van der Waals surface area contributed by atoms with Gasteiger partial charge in [0.15, 0.2) is 0 Å². The van der Waals surface area contributed by atoms with E-state index in [2.05, 4.69) is 74.3 Å². The van der Waals surface area contributed by atoms with Gasteiger partial charge in [-0.05, 0) is 67.5 Å². The molecule has 0 unspecified atom stereocenters. The zero-order valence-electron chi connectivity index (χ0n) is 14.2. The number of benzene rings is 2. The van der Waals surface area contributed by atoms with Gasteiger partial charge in [0.2, 0.25) is 0 Å². The van der Waals surface area contributed by atoms with Crippen molar-refractivity contribution in [3.8, 4) is 11.1 Å². The molecule has 2 aromatic rings. The molecule has 1 aliphatic rings. The highest BCUT2D eigenvalue weighted by Gasteiger charge is 2.19. The third kappa shape index (κ3) is 3.08. The summed E-state index contributed by atoms with van der Waals surface area (Å²) in [6.07, 6.45) is 1.08. The summed E-state index contributed by atoms with van der Waals surface area (Å²) < 4.78 is 0. The van der Waals surface area contributed by atoms with Crippen molar-refractivity contribution < 1.29 is 0 Å². The predicted molar refractivity (Wildman–Crippen MR) is 94.1 cm³/mol. The highest BCUT2D eigenvalue weighted by Crippen LogP contribution is 2.37. The Kier molecular flexibility index (Phi) is 4.32. The molecular formula is C20H26N2. The molecule has 0 bridgehead atoms. The molecule has 1 aliphatic carbocycles. The Morgan fingerprint density at radius 1 is 0.818 bits per heavy atom. The van der Waals surface area contributed by atoms with Crippen LogP contribution in [-0.4, -0.2) is 37.5 Å². The quantitative estimate of drug-likeness (QED) is 0.707. The van der Waals surface area contributed by atoms with Gasteiger partial charge < -0.3 is 9.80 Å². The van der Waals surface area contributed by atoms with Crippen molar-refractivity contribution in [1.82, 2.24) is 9.80 Å². The average molecular weight is 294 g/mol. The van der Waals surface area contributed by atoms with Crippen LogP contribution < -0.4 is 0 Å². The van der Waals surface area contributed by atoms with Gasteiger partial charge in [0.25, 0.3) is 0 Å². The highest BCUT2D eigenvalue weighted by atomic mass is 15.1. The summed E-state index contributed by atoms with van der Waals surface area (Å²) in [6, 6.07) is 13.9. The normalized spacial score (nSPS) is 12.8. The van der Waals surface area contributed by atoms with E-state index in [9.17, 15) is 0 Å². The van der Waals surface area contributed by atoms with Crippen molar-refractivity contribution in [2.75, 3.05) is 27.7 Å². The van der Waals surface area contributed by atoms with Crippen LogP contribution in [0.25, 0.3) is 11.1 Å². The van der Waals surface area contributed by atoms with Gasteiger partial charge in [-0.15, -0.1) is 0 Å². The van der Waals surface area contributed by atoms with Crippen molar-refractivity contribution in [2.24, 2.45) is 0 Å². The molecule has 22 heavy (non-hydrogen) atoms. The molecule has 2 heteroatoms. The van der Waals surface area contributed by atoms with Gasteiger partial charge in [-0.1, -0.05) is 43.3 Å². The Balaban J connectivity index is 1.86. The van der Waals surface area contributed by atoms with Gasteiger partial charge in [-0.2, -0.15) is 0 Å². The van der Waals surface area contributed by atoms with Gasteiger partial charge in [0, 0.05) is 13.1 Å². The molecular weight excluding hydrogens is 268 g/mol. The number of hydrogen-bond acceptors (Lipinski definition) is 2. The molecule has 3 rings (SSSR count). The molecule has 0 saturated carbocycles. The van der Waals surface area contributed by atoms with Crippen molar-refractivity contribution in [3.63, 3.8) is 0 Å². The summed E-state index contributed by atoms with van der Waals surface area (Å²) in [4.78, 5) is 4.57. The van der Waals surface area contributed by atoms with Crippen molar-refractivity contribution in [1.29, 1.82) is 0 Å². The minimum absolute atomic E-state index is 1.01. The molecule has 2 aromatic carbocycles. The Hall–Kier alpha value is -1.64. The summed E-state index contributed by atoms with van der Waals surface area (Å²) in [5.41, 5.74) is 8.64. The Labute approximate surface area is 134 Å². The fourth-order valence-electron chi connectivity index (χ4n) is 3.30. The molecule has 116 valence electrons. The molecule has 2 nitrogen and oxygen atoms in total. The highest BCUT2D eigenvalue weighted by molar-refractivity contribution is 5.77. The smallest absolute Gasteiger partial charge is 0.0230 e. The zero-order valence-corrected chi connectivity index (χ0v) is 14.2. The summed E-state index contributed by atoms with van der Waals surface area (Å²) >= 11 is 0. The van der Waals surface area contributed by atoms with E-state index in [1.165, 1.54) is 33.4 Å². The summed E-state index contributed by atoms with van der Waals surface area (Å²) in [6.45, 7) is 5.34. The van der Waals surface area contributed by atoms with Crippen LogP contribution in [0.2, 0.25) is 0 Å². The van der Waals surface area contributed by atoms with Gasteiger partial charge in [-0.3, -0.25) is 0 Å². The number of rotatable bonds is 5. The molecule has 0 amide bonds. The first kappa shape index (κ1) is 15.3. The first-order valence-corrected chi connectivity index (χ1v) is 8.14. The molecule has 0 fully saturated rings. The van der Waals surface area contributed by atoms with E-state index in [0.717, 1.165) is 26.1 Å². The second-order valence-electron chi connectivity index (χ2n) is 6.73. The molecule has 0 N–H and O–H groups in total. The SMILES string of the molecule is CCN(C)Cc1ccc2c(c1)Cc1cc(CN(C)C)ccc1-2. The third-order valence-corrected chi connectivity index (χ3v) is 4.50. The Bertz CT molecular complexity index is 673. The van der Waals surface area contributed by atoms with E-state index in [1.807, 2.05) is 0 Å². The summed E-state index contributed by atoms with van der Waals surface area (Å²) in [7, 11) is 6.42. The van der Waals surface area contributed by atoms with E-state index in [1.54, 1.807) is 0 Å². The minimum atomic E-state index is 1.01. The van der Waals surface area contributed by atoms with Crippen LogP contribution in [0.4, 0.5) is 0 Å². The van der Waals surface area contributed by atoms with E-state index in [-0.39, 0.29) is 0 Å². The average Bonchev–Trinajstić information content (AvgIpc) is 2.83. The number of nitrogens with zero attached hydrogens (tertiary/aromatic N) is 2. The maximum Gasteiger partial charge on any atom is 0.0230 e. The summed E-state index contributed by atoms with van der Waals surface area (Å²) in [5.74, 6) is 0. The maximum absolute atomic E-state index is 2.40. The fourth-order valence-corrected chi connectivity index (χ4v) is 3.30. The number of fused-ring (bicyclic) bond motifs is 3. The van der Waals surface area contributed by atoms with Gasteiger partial charge >= 0.3 is 0 Å². The van der Waals surface area contributed by atoms with E-state index in [0.29, 0.717) is 0 Å². The topological polar surface area (TPSA) is 6.48 Å². The van der Waals surface area contributed by atoms with Crippen LogP contribution in [-0.2, 0) is 19.5 Å². The molecule has 0 aliphatic heterocycles. The first-order valence-electron chi connectivity index (χ1n) is 8.14. The molecule has 0 atom stereocenters. The van der Waals surface area contributed by atoms with Crippen molar-refractivity contribution in [2.45, 2.75) is 26.4 Å². The van der Waals surface area contributed by atoms with Crippen LogP contribution in [0, 0.1) is 0 Å². The maximum atomic E-state index is 2.40. The van der Waals surface area contributed by atoms with Gasteiger partial charge in [-0.25, -0.2) is 0 Å². The monoisotopic (exact) mass is 294 g/mol. The van der Waals surface area contributed by atoms with Crippen LogP contribution in [0.5, 0.6) is 0 Å². The molecule has 0 heterocycles. The molecule has 0 radical (unpaired) electrons. The first-order chi connectivity index (χ1) is 10.6. The Morgan fingerprint density at radius 3 is 1.86 bits per heavy atom. The third-order valence-electron chi connectivity index (χ3n) is 4.50. The second kappa shape index (κ2) is 6.23. The molecule has 0 aromatic heterocycles. The second-order valence-corrected chi connectivity index (χ2v) is 6.73. The standard InChI is InChI=1S/C20H26N2/c1-5-22(4)14-16-7-9-20-18(11-16)12-17-10-15(13-21(2)3)6-8-19(17)20/h6-11H,5,12-14H2,1-4H3. The summed E-state index contributed by atoms with van der Waals surface area (Å²) in [5, 5.41) is 0. The van der Waals surface area contributed by atoms with Gasteiger partial charge in [0.1, 0.15) is 0 Å². The van der Waals surface area contributed by atoms with Crippen LogP contribution in [0.15, 0.2) is 36.4 Å². The zero-order chi connectivity index (χ0) is 15.7. The predicted octanol–water partition coefficient (Wildman–Crippen LogP) is 3.77. The molecule has 0 spiro atoms. The lowest BCUT2D eigenvalue weighted by atomic mass is 10.0. The largest absolute Gasteiger partial charge is 0.305 e. The van der Waals surface area contributed by atoms with E-state index >= 15 is 0 Å². The lowest BCUT2D eigenvalue weighted by Gasteiger charge is -2.14. The van der Waals surface area contributed by atoms with E-state index < -0.39 is 0 Å². The lowest BCUT2D eigenvalue weighted by molar-refractivity contribution is 0.345. The van der Waals surface area contributed by atoms with Crippen LogP contribution in [0.1, 0.15) is 29.2 Å². The molecule has 0 saturated heterocycles. The van der Waals surface area contributed by atoms with Crippen LogP contribution in [0.3, 0.4) is 0 Å². The van der Waals surface area contributed by atoms with Crippen molar-refractivity contribution in [3.05, 3.63) is 58.7 Å². The minimum Gasteiger partial charge on any atom is -0.305 e. The lowest BCUT2D eigenvalue weighted by Crippen LogP contribution is -2.16. The van der Waals surface area contributed by atoms with Crippen molar-refractivity contribution >= 4 is 0 Å². The van der Waals surface area contributed by atoms with E-state index in [4.69, 9.17) is 0 Å². The van der Waals surface area contributed by atoms with Crippen LogP contribution >= 0.6 is 0 Å². The van der Waals surface area contributed by atoms with Gasteiger partial charge in [0.05, 0.1) is 0 Å². The Morgan fingerprint density at radius 2 is 1.36 bits per heavy atom. The fraction of sp³-hybridized carbons (Fsp3) is 0.400. The number of hydrogen-bond donors (Lipinski definition) is 0.